The van der Waals surface area contributed by atoms with Crippen LogP contribution in [0.15, 0.2) is 30.3 Å². The normalized spacial score (nSPS) is 19.7. The second-order valence-corrected chi connectivity index (χ2v) is 15.8. The molecule has 1 aliphatic rings. The molecule has 1 aromatic carbocycles. The lowest BCUT2D eigenvalue weighted by atomic mass is 9.84. The molecule has 306 valence electrons. The van der Waals surface area contributed by atoms with E-state index in [1.807, 2.05) is 58.0 Å². The fourth-order valence-corrected chi connectivity index (χ4v) is 8.27. The molecule has 10 atom stereocenters. The van der Waals surface area contributed by atoms with Gasteiger partial charge in [0.15, 0.2) is 5.78 Å². The highest BCUT2D eigenvalue weighted by atomic mass is 16.5. The molecule has 12 heteroatoms. The third-order valence-corrected chi connectivity index (χ3v) is 11.5. The van der Waals surface area contributed by atoms with E-state index >= 15 is 0 Å². The summed E-state index contributed by atoms with van der Waals surface area (Å²) in [5.41, 5.74) is 0.933. The predicted octanol–water partition coefficient (Wildman–Crippen LogP) is 4.44. The minimum Gasteiger partial charge on any atom is -0.469 e. The summed E-state index contributed by atoms with van der Waals surface area (Å²) >= 11 is 0. The van der Waals surface area contributed by atoms with Crippen molar-refractivity contribution in [2.24, 2.45) is 29.6 Å². The summed E-state index contributed by atoms with van der Waals surface area (Å²) in [7, 11) is 9.61. The Hall–Kier alpha value is -3.19. The molecule has 2 rings (SSSR count). The molecule has 0 saturated carbocycles. The SMILES string of the molecule is CC[C@H](C)[C@@H]([C@@H](CC(=O)N1CCC[C@H]1[C@H](OC)[C@@H](C)C(=O)C[C@@H](Cc1ccccc1)C(=O)OC)OC)N(C)C(=O)[C@@H](CC(=O)[C@H](C(C)O)N(C)C)C(C)C. The Morgan fingerprint density at radius 3 is 2.02 bits per heavy atom. The number of likely N-dealkylation sites (N-methyl/N-ethyl adjacent to an activating group) is 2. The highest BCUT2D eigenvalue weighted by molar-refractivity contribution is 5.90. The third kappa shape index (κ3) is 12.4. The summed E-state index contributed by atoms with van der Waals surface area (Å²) in [6.07, 6.45) is 0.346. The summed E-state index contributed by atoms with van der Waals surface area (Å²) in [6.45, 7) is 11.8. The van der Waals surface area contributed by atoms with Crippen molar-refractivity contribution in [3.63, 3.8) is 0 Å². The maximum absolute atomic E-state index is 14.2. The van der Waals surface area contributed by atoms with Crippen molar-refractivity contribution in [2.75, 3.05) is 49.0 Å². The predicted molar refractivity (Wildman–Crippen MR) is 209 cm³/mol. The number of hydrogen-bond acceptors (Lipinski definition) is 10. The van der Waals surface area contributed by atoms with Gasteiger partial charge in [-0.25, -0.2) is 0 Å². The molecule has 2 amide bonds. The van der Waals surface area contributed by atoms with Gasteiger partial charge in [0.2, 0.25) is 11.8 Å². The number of rotatable bonds is 23. The van der Waals surface area contributed by atoms with Crippen LogP contribution in [0.4, 0.5) is 0 Å². The highest BCUT2D eigenvalue weighted by Crippen LogP contribution is 2.32. The number of methoxy groups -OCH3 is 3. The van der Waals surface area contributed by atoms with E-state index < -0.39 is 54.1 Å². The summed E-state index contributed by atoms with van der Waals surface area (Å²) in [4.78, 5) is 73.4. The Balaban J connectivity index is 2.29. The maximum Gasteiger partial charge on any atom is 0.309 e. The Bertz CT molecular complexity index is 1350. The minimum absolute atomic E-state index is 0.00981. The molecule has 54 heavy (non-hydrogen) atoms. The Labute approximate surface area is 324 Å². The van der Waals surface area contributed by atoms with Gasteiger partial charge in [-0.1, -0.05) is 71.4 Å². The molecule has 1 saturated heterocycles. The van der Waals surface area contributed by atoms with Crippen molar-refractivity contribution in [2.45, 2.75) is 123 Å². The van der Waals surface area contributed by atoms with E-state index in [0.29, 0.717) is 19.4 Å². The number of nitrogens with zero attached hydrogens (tertiary/aromatic N) is 3. The van der Waals surface area contributed by atoms with Crippen LogP contribution >= 0.6 is 0 Å². The molecule has 12 nitrogen and oxygen atoms in total. The van der Waals surface area contributed by atoms with Crippen molar-refractivity contribution in [3.05, 3.63) is 35.9 Å². The lowest BCUT2D eigenvalue weighted by molar-refractivity contribution is -0.150. The molecule has 0 radical (unpaired) electrons. The standard InChI is InChI=1S/C42H69N3O9/c1-13-27(4)38(44(9)41(50)32(26(2)3)24-35(48)39(29(6)46)43(7)8)36(52-10)25-37(49)45-21-17-20-33(45)40(53-11)28(5)34(47)23-31(42(51)54-12)22-30-18-15-14-16-19-30/h14-16,18-19,26-29,31-33,36,38-40,46H,13,17,20-25H2,1-12H3/t27-,28-,29?,31+,32-,33-,36+,38-,39-,40+/m0/s1. The number of benzene rings is 1. The fourth-order valence-electron chi connectivity index (χ4n) is 8.27. The number of carbonyl (C=O) groups excluding carboxylic acids is 5. The summed E-state index contributed by atoms with van der Waals surface area (Å²) in [6, 6.07) is 7.96. The van der Waals surface area contributed by atoms with E-state index in [2.05, 4.69) is 0 Å². The van der Waals surface area contributed by atoms with Gasteiger partial charge in [0.05, 0.1) is 55.9 Å². The van der Waals surface area contributed by atoms with Gasteiger partial charge < -0.3 is 29.1 Å². The molecule has 1 aliphatic heterocycles. The first kappa shape index (κ1) is 47.0. The zero-order valence-electron chi connectivity index (χ0n) is 34.9. The van der Waals surface area contributed by atoms with Crippen LogP contribution < -0.4 is 0 Å². The highest BCUT2D eigenvalue weighted by Gasteiger charge is 2.43. The average Bonchev–Trinajstić information content (AvgIpc) is 3.62. The lowest BCUT2D eigenvalue weighted by Crippen LogP contribution is -2.54. The number of ether oxygens (including phenoxy) is 3. The maximum atomic E-state index is 14.2. The van der Waals surface area contributed by atoms with Crippen molar-refractivity contribution in [1.82, 2.24) is 14.7 Å². The van der Waals surface area contributed by atoms with Crippen LogP contribution in [-0.2, 0) is 44.6 Å². The molecule has 1 N–H and O–H groups in total. The average molecular weight is 760 g/mol. The zero-order valence-corrected chi connectivity index (χ0v) is 34.9. The molecular weight excluding hydrogens is 690 g/mol. The van der Waals surface area contributed by atoms with Crippen molar-refractivity contribution >= 4 is 29.4 Å². The minimum atomic E-state index is -0.894. The van der Waals surface area contributed by atoms with E-state index in [4.69, 9.17) is 14.2 Å². The van der Waals surface area contributed by atoms with E-state index in [1.54, 1.807) is 63.9 Å². The van der Waals surface area contributed by atoms with Crippen LogP contribution in [0.5, 0.6) is 0 Å². The van der Waals surface area contributed by atoms with Gasteiger partial charge in [0, 0.05) is 52.5 Å². The van der Waals surface area contributed by atoms with Gasteiger partial charge >= 0.3 is 5.97 Å². The van der Waals surface area contributed by atoms with Gasteiger partial charge in [-0.3, -0.25) is 28.9 Å². The smallest absolute Gasteiger partial charge is 0.309 e. The molecule has 1 fully saturated rings. The molecule has 0 aliphatic carbocycles. The number of likely N-dealkylation sites (tertiary alicyclic amines) is 1. The fraction of sp³-hybridized carbons (Fsp3) is 0.738. The number of hydrogen-bond donors (Lipinski definition) is 1. The van der Waals surface area contributed by atoms with Crippen LogP contribution in [-0.4, -0.2) is 135 Å². The van der Waals surface area contributed by atoms with E-state index in [-0.39, 0.29) is 60.5 Å². The van der Waals surface area contributed by atoms with Gasteiger partial charge in [-0.15, -0.1) is 0 Å². The second-order valence-electron chi connectivity index (χ2n) is 15.8. The van der Waals surface area contributed by atoms with Crippen LogP contribution in [0, 0.1) is 29.6 Å². The number of aliphatic hydroxyl groups excluding tert-OH is 1. The van der Waals surface area contributed by atoms with Crippen molar-refractivity contribution < 1.29 is 43.3 Å². The first-order valence-corrected chi connectivity index (χ1v) is 19.6. The quantitative estimate of drug-likeness (QED) is 0.159. The van der Waals surface area contributed by atoms with Gasteiger partial charge in [-0.2, -0.15) is 0 Å². The van der Waals surface area contributed by atoms with E-state index in [9.17, 15) is 29.1 Å². The summed E-state index contributed by atoms with van der Waals surface area (Å²) in [5.74, 6) is -3.20. The van der Waals surface area contributed by atoms with Crippen LogP contribution in [0.2, 0.25) is 0 Å². The van der Waals surface area contributed by atoms with Gasteiger partial charge in [-0.05, 0) is 57.7 Å². The molecular formula is C42H69N3O9. The number of esters is 1. The molecule has 1 aromatic rings. The third-order valence-electron chi connectivity index (χ3n) is 11.5. The van der Waals surface area contributed by atoms with Crippen LogP contribution in [0.1, 0.15) is 85.6 Å². The molecule has 1 unspecified atom stereocenters. The van der Waals surface area contributed by atoms with Gasteiger partial charge in [0.1, 0.15) is 5.78 Å². The van der Waals surface area contributed by atoms with Crippen LogP contribution in [0.25, 0.3) is 0 Å². The Morgan fingerprint density at radius 2 is 1.52 bits per heavy atom. The molecule has 0 spiro atoms. The largest absolute Gasteiger partial charge is 0.469 e. The number of aliphatic hydroxyl groups is 1. The van der Waals surface area contributed by atoms with E-state index in [0.717, 1.165) is 18.4 Å². The molecule has 0 aromatic heterocycles. The molecule has 1 heterocycles. The number of ketones is 2. The lowest BCUT2D eigenvalue weighted by Gasteiger charge is -2.41. The number of carbonyl (C=O) groups is 5. The Morgan fingerprint density at radius 1 is 0.889 bits per heavy atom. The van der Waals surface area contributed by atoms with Crippen LogP contribution in [0.3, 0.4) is 0 Å². The van der Waals surface area contributed by atoms with Crippen molar-refractivity contribution in [1.29, 1.82) is 0 Å². The zero-order chi connectivity index (χ0) is 40.9. The Kier molecular flexibility index (Phi) is 19.5. The summed E-state index contributed by atoms with van der Waals surface area (Å²) < 4.78 is 17.0. The molecule has 0 bridgehead atoms. The first-order valence-electron chi connectivity index (χ1n) is 19.6. The summed E-state index contributed by atoms with van der Waals surface area (Å²) in [5, 5.41) is 10.3. The second kappa shape index (κ2) is 22.4. The first-order chi connectivity index (χ1) is 25.4. The number of Topliss-reactive ketones (excluding diaryl/α,β-unsaturated/α-hetero) is 2. The van der Waals surface area contributed by atoms with Gasteiger partial charge in [0.25, 0.3) is 0 Å². The topological polar surface area (TPSA) is 143 Å². The van der Waals surface area contributed by atoms with Crippen molar-refractivity contribution in [3.8, 4) is 0 Å². The van der Waals surface area contributed by atoms with E-state index in [1.165, 1.54) is 7.11 Å². The number of amides is 2. The monoisotopic (exact) mass is 760 g/mol.